The molecule has 0 radical (unpaired) electrons. The summed E-state index contributed by atoms with van der Waals surface area (Å²) in [5.74, 6) is 0.218. The van der Waals surface area contributed by atoms with Crippen LogP contribution in [0.5, 0.6) is 11.5 Å². The molecule has 0 aliphatic rings. The predicted octanol–water partition coefficient (Wildman–Crippen LogP) is 3.95. The predicted molar refractivity (Wildman–Crippen MR) is 117 cm³/mol. The third kappa shape index (κ3) is 7.62. The van der Waals surface area contributed by atoms with Crippen molar-refractivity contribution in [3.8, 4) is 11.5 Å². The van der Waals surface area contributed by atoms with Crippen LogP contribution in [0.15, 0.2) is 54.6 Å². The number of aliphatic carboxylic acids is 1. The zero-order valence-corrected chi connectivity index (χ0v) is 17.6. The molecule has 0 bridgehead atoms. The second-order valence-electron chi connectivity index (χ2n) is 7.36. The van der Waals surface area contributed by atoms with Crippen LogP contribution in [0.4, 0.5) is 0 Å². The second-order valence-corrected chi connectivity index (χ2v) is 7.36. The number of benzene rings is 2. The van der Waals surface area contributed by atoms with Gasteiger partial charge in [-0.2, -0.15) is 0 Å². The van der Waals surface area contributed by atoms with Crippen LogP contribution >= 0.6 is 0 Å². The fraction of sp³-hybridized carbons (Fsp3) is 0.333. The minimum absolute atomic E-state index is 0.214. The standard InChI is InChI=1S/C24H29NO5/c1-17(2)13-14-30-21-11-9-19(16-22(21)29-3)10-12-23(26)25-20(24(27)28)15-18-7-5-4-6-8-18/h4-12,16-17,20H,13-15H2,1-3H3,(H,25,26)(H,27,28)/b12-10+/t20-/m0/s1. The maximum Gasteiger partial charge on any atom is 0.326 e. The Kier molecular flexibility index (Phi) is 8.94. The molecule has 0 aromatic heterocycles. The summed E-state index contributed by atoms with van der Waals surface area (Å²) in [6, 6.07) is 13.6. The summed E-state index contributed by atoms with van der Waals surface area (Å²) >= 11 is 0. The first-order chi connectivity index (χ1) is 14.4. The van der Waals surface area contributed by atoms with E-state index in [2.05, 4.69) is 19.2 Å². The number of carbonyl (C=O) groups is 2. The van der Waals surface area contributed by atoms with E-state index in [9.17, 15) is 14.7 Å². The van der Waals surface area contributed by atoms with E-state index >= 15 is 0 Å². The Morgan fingerprint density at radius 2 is 1.83 bits per heavy atom. The van der Waals surface area contributed by atoms with Crippen LogP contribution in [-0.4, -0.2) is 36.7 Å². The van der Waals surface area contributed by atoms with Gasteiger partial charge in [-0.25, -0.2) is 4.79 Å². The third-order valence-electron chi connectivity index (χ3n) is 4.46. The lowest BCUT2D eigenvalue weighted by atomic mass is 10.1. The topological polar surface area (TPSA) is 84.9 Å². The first-order valence-corrected chi connectivity index (χ1v) is 9.95. The zero-order chi connectivity index (χ0) is 21.9. The van der Waals surface area contributed by atoms with Crippen LogP contribution in [0.3, 0.4) is 0 Å². The van der Waals surface area contributed by atoms with Crippen molar-refractivity contribution in [2.24, 2.45) is 5.92 Å². The molecule has 0 aliphatic carbocycles. The molecule has 1 atom stereocenters. The lowest BCUT2D eigenvalue weighted by Crippen LogP contribution is -2.41. The molecule has 2 rings (SSSR count). The molecule has 6 nitrogen and oxygen atoms in total. The molecule has 0 fully saturated rings. The third-order valence-corrected chi connectivity index (χ3v) is 4.46. The van der Waals surface area contributed by atoms with Crippen molar-refractivity contribution >= 4 is 18.0 Å². The number of ether oxygens (including phenoxy) is 2. The number of carboxylic acid groups (broad SMARTS) is 1. The highest BCUT2D eigenvalue weighted by atomic mass is 16.5. The lowest BCUT2D eigenvalue weighted by Gasteiger charge is -2.13. The Morgan fingerprint density at radius 1 is 1.10 bits per heavy atom. The van der Waals surface area contributed by atoms with Gasteiger partial charge in [0.25, 0.3) is 0 Å². The largest absolute Gasteiger partial charge is 0.493 e. The fourth-order valence-corrected chi connectivity index (χ4v) is 2.75. The molecule has 0 unspecified atom stereocenters. The van der Waals surface area contributed by atoms with Gasteiger partial charge in [0.1, 0.15) is 6.04 Å². The van der Waals surface area contributed by atoms with Gasteiger partial charge in [0.15, 0.2) is 11.5 Å². The quantitative estimate of drug-likeness (QED) is 0.547. The molecule has 0 spiro atoms. The van der Waals surface area contributed by atoms with Crippen LogP contribution in [0, 0.1) is 5.92 Å². The Bertz CT molecular complexity index is 861. The molecule has 2 aromatic carbocycles. The van der Waals surface area contributed by atoms with Gasteiger partial charge in [-0.1, -0.05) is 50.2 Å². The van der Waals surface area contributed by atoms with Gasteiger partial charge in [-0.3, -0.25) is 4.79 Å². The summed E-state index contributed by atoms with van der Waals surface area (Å²) < 4.78 is 11.1. The first-order valence-electron chi connectivity index (χ1n) is 9.95. The summed E-state index contributed by atoms with van der Waals surface area (Å²) in [4.78, 5) is 23.7. The number of hydrogen-bond acceptors (Lipinski definition) is 4. The molecule has 2 aromatic rings. The number of carboxylic acids is 1. The number of amides is 1. The van der Waals surface area contributed by atoms with Crippen LogP contribution in [-0.2, 0) is 16.0 Å². The van der Waals surface area contributed by atoms with E-state index in [1.807, 2.05) is 36.4 Å². The Morgan fingerprint density at radius 3 is 2.47 bits per heavy atom. The van der Waals surface area contributed by atoms with E-state index < -0.39 is 17.9 Å². The van der Waals surface area contributed by atoms with Gasteiger partial charge in [0.05, 0.1) is 13.7 Å². The number of hydrogen-bond donors (Lipinski definition) is 2. The van der Waals surface area contributed by atoms with Crippen molar-refractivity contribution in [3.63, 3.8) is 0 Å². The molecule has 0 saturated heterocycles. The Labute approximate surface area is 177 Å². The summed E-state index contributed by atoms with van der Waals surface area (Å²) in [5.41, 5.74) is 1.58. The van der Waals surface area contributed by atoms with Crippen molar-refractivity contribution in [1.82, 2.24) is 5.32 Å². The molecule has 0 saturated carbocycles. The van der Waals surface area contributed by atoms with E-state index in [0.717, 1.165) is 17.5 Å². The van der Waals surface area contributed by atoms with Gasteiger partial charge in [-0.05, 0) is 41.7 Å². The lowest BCUT2D eigenvalue weighted by molar-refractivity contribution is -0.141. The monoisotopic (exact) mass is 411 g/mol. The number of rotatable bonds is 11. The Hall–Kier alpha value is -3.28. The molecule has 6 heteroatoms. The van der Waals surface area contributed by atoms with E-state index in [-0.39, 0.29) is 6.42 Å². The molecule has 0 aliphatic heterocycles. The second kappa shape index (κ2) is 11.7. The minimum Gasteiger partial charge on any atom is -0.493 e. The normalized spacial score (nSPS) is 12.0. The van der Waals surface area contributed by atoms with Gasteiger partial charge in [-0.15, -0.1) is 0 Å². The molecular formula is C24H29NO5. The smallest absolute Gasteiger partial charge is 0.326 e. The highest BCUT2D eigenvalue weighted by Gasteiger charge is 2.19. The maximum atomic E-state index is 12.2. The molecular weight excluding hydrogens is 382 g/mol. The van der Waals surface area contributed by atoms with E-state index in [1.54, 1.807) is 25.3 Å². The van der Waals surface area contributed by atoms with Crippen molar-refractivity contribution in [1.29, 1.82) is 0 Å². The molecule has 160 valence electrons. The number of carbonyl (C=O) groups excluding carboxylic acids is 1. The molecule has 1 amide bonds. The number of nitrogens with one attached hydrogen (secondary N) is 1. The van der Waals surface area contributed by atoms with Crippen molar-refractivity contribution in [2.45, 2.75) is 32.7 Å². The average Bonchev–Trinajstić information content (AvgIpc) is 2.72. The van der Waals surface area contributed by atoms with Crippen molar-refractivity contribution < 1.29 is 24.2 Å². The van der Waals surface area contributed by atoms with Crippen molar-refractivity contribution in [3.05, 3.63) is 65.7 Å². The highest BCUT2D eigenvalue weighted by Crippen LogP contribution is 2.28. The van der Waals surface area contributed by atoms with Gasteiger partial charge in [0, 0.05) is 12.5 Å². The highest BCUT2D eigenvalue weighted by molar-refractivity contribution is 5.94. The minimum atomic E-state index is -1.08. The van der Waals surface area contributed by atoms with E-state index in [4.69, 9.17) is 9.47 Å². The molecule has 2 N–H and O–H groups in total. The fourth-order valence-electron chi connectivity index (χ4n) is 2.75. The molecule has 0 heterocycles. The van der Waals surface area contributed by atoms with Gasteiger partial charge < -0.3 is 19.9 Å². The maximum absolute atomic E-state index is 12.2. The molecule has 30 heavy (non-hydrogen) atoms. The van der Waals surface area contributed by atoms with Crippen LogP contribution < -0.4 is 14.8 Å². The van der Waals surface area contributed by atoms with E-state index in [1.165, 1.54) is 6.08 Å². The van der Waals surface area contributed by atoms with Gasteiger partial charge >= 0.3 is 5.97 Å². The van der Waals surface area contributed by atoms with Crippen LogP contribution in [0.1, 0.15) is 31.4 Å². The summed E-state index contributed by atoms with van der Waals surface area (Å²) in [6.07, 6.45) is 4.08. The summed E-state index contributed by atoms with van der Waals surface area (Å²) in [7, 11) is 1.56. The van der Waals surface area contributed by atoms with Crippen molar-refractivity contribution in [2.75, 3.05) is 13.7 Å². The average molecular weight is 411 g/mol. The zero-order valence-electron chi connectivity index (χ0n) is 17.6. The van der Waals surface area contributed by atoms with Crippen LogP contribution in [0.25, 0.3) is 6.08 Å². The Balaban J connectivity index is 1.99. The van der Waals surface area contributed by atoms with Gasteiger partial charge in [0.2, 0.25) is 5.91 Å². The summed E-state index contributed by atoms with van der Waals surface area (Å²) in [6.45, 7) is 4.87. The SMILES string of the molecule is COc1cc(/C=C/C(=O)N[C@@H](Cc2ccccc2)C(=O)O)ccc1OCCC(C)C. The van der Waals surface area contributed by atoms with Crippen LogP contribution in [0.2, 0.25) is 0 Å². The van der Waals surface area contributed by atoms with E-state index in [0.29, 0.717) is 24.0 Å². The first kappa shape index (κ1) is 23.0. The number of methoxy groups -OCH3 is 1. The summed E-state index contributed by atoms with van der Waals surface area (Å²) in [5, 5.41) is 11.9.